The van der Waals surface area contributed by atoms with Crippen molar-refractivity contribution in [3.05, 3.63) is 30.2 Å². The molecule has 0 amide bonds. The summed E-state index contributed by atoms with van der Waals surface area (Å²) in [6.45, 7) is 2.60. The van der Waals surface area contributed by atoms with Crippen LogP contribution in [0.1, 0.15) is 31.5 Å². The molecule has 3 rings (SSSR count). The minimum atomic E-state index is -0.203. The number of hydrogen-bond acceptors (Lipinski definition) is 6. The van der Waals surface area contributed by atoms with Gasteiger partial charge in [0.1, 0.15) is 11.4 Å². The summed E-state index contributed by atoms with van der Waals surface area (Å²) in [6, 6.07) is 3.45. The number of nitrogens with zero attached hydrogens (tertiary/aromatic N) is 4. The maximum atomic E-state index is 5.89. The Bertz CT molecular complexity index is 580. The molecule has 1 unspecified atom stereocenters. The molecule has 0 saturated heterocycles. The van der Waals surface area contributed by atoms with Gasteiger partial charge in [-0.3, -0.25) is 9.97 Å². The van der Waals surface area contributed by atoms with Gasteiger partial charge < -0.3 is 10.5 Å². The molecule has 0 aliphatic heterocycles. The van der Waals surface area contributed by atoms with E-state index in [0.717, 1.165) is 6.61 Å². The first-order valence-electron chi connectivity index (χ1n) is 6.77. The molecular weight excluding hydrogens is 254 g/mol. The third-order valence-corrected chi connectivity index (χ3v) is 3.20. The normalized spacial score (nSPS) is 15.9. The molecule has 2 aromatic rings. The standard InChI is InChI=1S/C14H17N5O/c1-9(15)13-14(17-7-6-16-13)11-4-5-12(19-18-11)20-8-10-2-3-10/h4-7,9-10H,2-3,8,15H2,1H3. The fourth-order valence-corrected chi connectivity index (χ4v) is 1.89. The Morgan fingerprint density at radius 3 is 2.70 bits per heavy atom. The summed E-state index contributed by atoms with van der Waals surface area (Å²) in [5, 5.41) is 8.23. The van der Waals surface area contributed by atoms with Gasteiger partial charge in [0.05, 0.1) is 12.3 Å². The lowest BCUT2D eigenvalue weighted by Gasteiger charge is -2.09. The minimum Gasteiger partial charge on any atom is -0.476 e. The fraction of sp³-hybridized carbons (Fsp3) is 0.429. The average Bonchev–Trinajstić information content (AvgIpc) is 3.30. The van der Waals surface area contributed by atoms with Crippen molar-refractivity contribution in [2.75, 3.05) is 6.61 Å². The highest BCUT2D eigenvalue weighted by Crippen LogP contribution is 2.29. The van der Waals surface area contributed by atoms with Gasteiger partial charge in [0.25, 0.3) is 0 Å². The monoisotopic (exact) mass is 271 g/mol. The van der Waals surface area contributed by atoms with Crippen LogP contribution in [-0.4, -0.2) is 26.8 Å². The minimum absolute atomic E-state index is 0.203. The van der Waals surface area contributed by atoms with Crippen LogP contribution in [0.15, 0.2) is 24.5 Å². The lowest BCUT2D eigenvalue weighted by atomic mass is 10.1. The van der Waals surface area contributed by atoms with Gasteiger partial charge in [0.15, 0.2) is 0 Å². The summed E-state index contributed by atoms with van der Waals surface area (Å²) in [5.74, 6) is 1.24. The lowest BCUT2D eigenvalue weighted by Crippen LogP contribution is -2.10. The van der Waals surface area contributed by atoms with Crippen LogP contribution in [0.25, 0.3) is 11.4 Å². The molecule has 104 valence electrons. The molecule has 20 heavy (non-hydrogen) atoms. The Hall–Kier alpha value is -2.08. The first kappa shape index (κ1) is 12.9. The van der Waals surface area contributed by atoms with E-state index in [1.165, 1.54) is 12.8 Å². The van der Waals surface area contributed by atoms with Crippen molar-refractivity contribution < 1.29 is 4.74 Å². The summed E-state index contributed by atoms with van der Waals surface area (Å²) in [6.07, 6.45) is 5.76. The van der Waals surface area contributed by atoms with Crippen molar-refractivity contribution in [2.45, 2.75) is 25.8 Å². The molecular formula is C14H17N5O. The van der Waals surface area contributed by atoms with Gasteiger partial charge in [0, 0.05) is 24.5 Å². The van der Waals surface area contributed by atoms with Gasteiger partial charge in [-0.15, -0.1) is 10.2 Å². The van der Waals surface area contributed by atoms with Crippen LogP contribution in [-0.2, 0) is 0 Å². The van der Waals surface area contributed by atoms with Crippen LogP contribution < -0.4 is 10.5 Å². The smallest absolute Gasteiger partial charge is 0.233 e. The van der Waals surface area contributed by atoms with Crippen molar-refractivity contribution >= 4 is 0 Å². The predicted octanol–water partition coefficient (Wildman–Crippen LogP) is 1.74. The predicted molar refractivity (Wildman–Crippen MR) is 73.9 cm³/mol. The second kappa shape index (κ2) is 5.50. The molecule has 0 aromatic carbocycles. The fourth-order valence-electron chi connectivity index (χ4n) is 1.89. The van der Waals surface area contributed by atoms with Crippen LogP contribution in [0, 0.1) is 5.92 Å². The summed E-state index contributed by atoms with van der Waals surface area (Å²) < 4.78 is 5.56. The van der Waals surface area contributed by atoms with Crippen LogP contribution in [0.2, 0.25) is 0 Å². The van der Waals surface area contributed by atoms with Crippen molar-refractivity contribution in [3.8, 4) is 17.3 Å². The molecule has 1 fully saturated rings. The van der Waals surface area contributed by atoms with Crippen molar-refractivity contribution in [2.24, 2.45) is 11.7 Å². The van der Waals surface area contributed by atoms with Gasteiger partial charge in [-0.2, -0.15) is 0 Å². The number of hydrogen-bond donors (Lipinski definition) is 1. The first-order chi connectivity index (χ1) is 9.74. The Morgan fingerprint density at radius 2 is 2.05 bits per heavy atom. The third kappa shape index (κ3) is 2.91. The van der Waals surface area contributed by atoms with E-state index < -0.39 is 0 Å². The van der Waals surface area contributed by atoms with Gasteiger partial charge in [-0.05, 0) is 31.7 Å². The topological polar surface area (TPSA) is 86.8 Å². The third-order valence-electron chi connectivity index (χ3n) is 3.20. The lowest BCUT2D eigenvalue weighted by molar-refractivity contribution is 0.285. The second-order valence-corrected chi connectivity index (χ2v) is 5.09. The SMILES string of the molecule is CC(N)c1nccnc1-c1ccc(OCC2CC2)nn1. The highest BCUT2D eigenvalue weighted by atomic mass is 16.5. The van der Waals surface area contributed by atoms with E-state index in [-0.39, 0.29) is 6.04 Å². The van der Waals surface area contributed by atoms with Crippen molar-refractivity contribution in [1.82, 2.24) is 20.2 Å². The summed E-state index contributed by atoms with van der Waals surface area (Å²) in [7, 11) is 0. The average molecular weight is 271 g/mol. The van der Waals surface area contributed by atoms with E-state index in [1.807, 2.05) is 19.1 Å². The molecule has 6 heteroatoms. The van der Waals surface area contributed by atoms with E-state index in [9.17, 15) is 0 Å². The van der Waals surface area contributed by atoms with Crippen molar-refractivity contribution in [1.29, 1.82) is 0 Å². The van der Waals surface area contributed by atoms with Crippen molar-refractivity contribution in [3.63, 3.8) is 0 Å². The van der Waals surface area contributed by atoms with Crippen LogP contribution in [0.4, 0.5) is 0 Å². The zero-order valence-corrected chi connectivity index (χ0v) is 11.4. The van der Waals surface area contributed by atoms with E-state index in [2.05, 4.69) is 20.2 Å². The molecule has 2 aromatic heterocycles. The van der Waals surface area contributed by atoms with E-state index in [4.69, 9.17) is 10.5 Å². The number of ether oxygens (including phenoxy) is 1. The summed E-state index contributed by atoms with van der Waals surface area (Å²) >= 11 is 0. The van der Waals surface area contributed by atoms with Gasteiger partial charge in [-0.1, -0.05) is 0 Å². The highest BCUT2D eigenvalue weighted by Gasteiger charge is 2.22. The number of nitrogens with two attached hydrogens (primary N) is 1. The second-order valence-electron chi connectivity index (χ2n) is 5.09. The molecule has 0 spiro atoms. The molecule has 2 heterocycles. The largest absolute Gasteiger partial charge is 0.476 e. The molecule has 0 radical (unpaired) electrons. The Labute approximate surface area is 117 Å². The molecule has 2 N–H and O–H groups in total. The Kier molecular flexibility index (Phi) is 3.56. The molecule has 1 atom stereocenters. The van der Waals surface area contributed by atoms with Gasteiger partial charge in [0.2, 0.25) is 5.88 Å². The van der Waals surface area contributed by atoms with Crippen LogP contribution >= 0.6 is 0 Å². The zero-order valence-electron chi connectivity index (χ0n) is 11.4. The molecule has 1 aliphatic carbocycles. The number of rotatable bonds is 5. The highest BCUT2D eigenvalue weighted by molar-refractivity contribution is 5.56. The maximum absolute atomic E-state index is 5.89. The van der Waals surface area contributed by atoms with E-state index >= 15 is 0 Å². The Morgan fingerprint density at radius 1 is 1.25 bits per heavy atom. The van der Waals surface area contributed by atoms with Gasteiger partial charge in [-0.25, -0.2) is 0 Å². The first-order valence-corrected chi connectivity index (χ1v) is 6.77. The van der Waals surface area contributed by atoms with Crippen LogP contribution in [0.5, 0.6) is 5.88 Å². The van der Waals surface area contributed by atoms with E-state index in [0.29, 0.717) is 28.9 Å². The summed E-state index contributed by atoms with van der Waals surface area (Å²) in [4.78, 5) is 8.56. The van der Waals surface area contributed by atoms with Gasteiger partial charge >= 0.3 is 0 Å². The molecule has 1 saturated carbocycles. The van der Waals surface area contributed by atoms with E-state index in [1.54, 1.807) is 12.4 Å². The molecule has 1 aliphatic rings. The zero-order chi connectivity index (χ0) is 13.9. The molecule has 0 bridgehead atoms. The van der Waals surface area contributed by atoms with Crippen LogP contribution in [0.3, 0.4) is 0 Å². The Balaban J connectivity index is 1.79. The molecule has 6 nitrogen and oxygen atoms in total. The summed E-state index contributed by atoms with van der Waals surface area (Å²) in [5.41, 5.74) is 7.94. The quantitative estimate of drug-likeness (QED) is 0.891. The number of aromatic nitrogens is 4. The maximum Gasteiger partial charge on any atom is 0.233 e.